The van der Waals surface area contributed by atoms with Gasteiger partial charge in [0, 0.05) is 11.4 Å². The lowest BCUT2D eigenvalue weighted by Crippen LogP contribution is -2.21. The van der Waals surface area contributed by atoms with Crippen molar-refractivity contribution in [1.29, 1.82) is 0 Å². The van der Waals surface area contributed by atoms with Crippen molar-refractivity contribution in [2.75, 3.05) is 17.7 Å². The SMILES string of the molecule is Cc1c(N)cccc1NC(=O)COc1cccc(Cl)c1F. The summed E-state index contributed by atoms with van der Waals surface area (Å²) in [6, 6.07) is 9.54. The molecule has 2 rings (SSSR count). The van der Waals surface area contributed by atoms with Crippen LogP contribution < -0.4 is 15.8 Å². The molecule has 0 unspecified atom stereocenters. The molecule has 110 valence electrons. The zero-order chi connectivity index (χ0) is 15.4. The van der Waals surface area contributed by atoms with Gasteiger partial charge in [0.25, 0.3) is 5.91 Å². The quantitative estimate of drug-likeness (QED) is 0.851. The van der Waals surface area contributed by atoms with Crippen molar-refractivity contribution in [3.63, 3.8) is 0 Å². The van der Waals surface area contributed by atoms with E-state index in [0.29, 0.717) is 11.4 Å². The normalized spacial score (nSPS) is 10.2. The Bertz CT molecular complexity index is 677. The highest BCUT2D eigenvalue weighted by Gasteiger charge is 2.11. The van der Waals surface area contributed by atoms with E-state index in [0.717, 1.165) is 5.56 Å². The summed E-state index contributed by atoms with van der Waals surface area (Å²) in [4.78, 5) is 11.8. The van der Waals surface area contributed by atoms with Crippen LogP contribution in [0.15, 0.2) is 36.4 Å². The molecule has 2 aromatic rings. The fourth-order valence-electron chi connectivity index (χ4n) is 1.71. The van der Waals surface area contributed by atoms with E-state index in [4.69, 9.17) is 22.1 Å². The molecule has 0 fully saturated rings. The van der Waals surface area contributed by atoms with E-state index in [1.165, 1.54) is 12.1 Å². The summed E-state index contributed by atoms with van der Waals surface area (Å²) >= 11 is 5.63. The Morgan fingerprint density at radius 1 is 1.33 bits per heavy atom. The Labute approximate surface area is 126 Å². The maximum atomic E-state index is 13.6. The Hall–Kier alpha value is -2.27. The van der Waals surface area contributed by atoms with Gasteiger partial charge in [-0.2, -0.15) is 0 Å². The third-order valence-electron chi connectivity index (χ3n) is 2.92. The first-order valence-electron chi connectivity index (χ1n) is 6.21. The van der Waals surface area contributed by atoms with E-state index in [9.17, 15) is 9.18 Å². The molecule has 0 heterocycles. The van der Waals surface area contributed by atoms with Crippen molar-refractivity contribution in [2.24, 2.45) is 0 Å². The fourth-order valence-corrected chi connectivity index (χ4v) is 1.88. The number of nitrogen functional groups attached to an aromatic ring is 1. The number of rotatable bonds is 4. The molecule has 0 aromatic heterocycles. The number of hydrogen-bond donors (Lipinski definition) is 2. The third-order valence-corrected chi connectivity index (χ3v) is 3.22. The minimum atomic E-state index is -0.688. The van der Waals surface area contributed by atoms with Crippen LogP contribution >= 0.6 is 11.6 Å². The molecule has 4 nitrogen and oxygen atoms in total. The predicted octanol–water partition coefficient (Wildman–Crippen LogP) is 3.39. The largest absolute Gasteiger partial charge is 0.481 e. The van der Waals surface area contributed by atoms with Crippen LogP contribution in [0, 0.1) is 12.7 Å². The number of nitrogens with one attached hydrogen (secondary N) is 1. The van der Waals surface area contributed by atoms with Crippen LogP contribution in [0.4, 0.5) is 15.8 Å². The van der Waals surface area contributed by atoms with Crippen molar-refractivity contribution in [3.05, 3.63) is 52.8 Å². The molecular formula is C15H14ClFN2O2. The second-order valence-corrected chi connectivity index (χ2v) is 4.82. The molecule has 0 atom stereocenters. The second kappa shape index (κ2) is 6.45. The van der Waals surface area contributed by atoms with E-state index < -0.39 is 11.7 Å². The lowest BCUT2D eigenvalue weighted by Gasteiger charge is -2.11. The Balaban J connectivity index is 1.99. The zero-order valence-corrected chi connectivity index (χ0v) is 12.1. The molecule has 3 N–H and O–H groups in total. The number of nitrogens with two attached hydrogens (primary N) is 1. The molecule has 0 aliphatic rings. The van der Waals surface area contributed by atoms with Crippen LogP contribution in [0.3, 0.4) is 0 Å². The lowest BCUT2D eigenvalue weighted by atomic mass is 10.1. The van der Waals surface area contributed by atoms with E-state index in [1.807, 2.05) is 0 Å². The summed E-state index contributed by atoms with van der Waals surface area (Å²) in [6.07, 6.45) is 0. The predicted molar refractivity (Wildman–Crippen MR) is 81.1 cm³/mol. The summed E-state index contributed by atoms with van der Waals surface area (Å²) in [5, 5.41) is 2.60. The summed E-state index contributed by atoms with van der Waals surface area (Å²) in [6.45, 7) is 1.47. The molecule has 0 aliphatic carbocycles. The van der Waals surface area contributed by atoms with Gasteiger partial charge in [0.2, 0.25) is 0 Å². The Kier molecular flexibility index (Phi) is 4.65. The molecule has 6 heteroatoms. The zero-order valence-electron chi connectivity index (χ0n) is 11.3. The van der Waals surface area contributed by atoms with Crippen LogP contribution in [0.25, 0.3) is 0 Å². The van der Waals surface area contributed by atoms with Crippen molar-refractivity contribution in [1.82, 2.24) is 0 Å². The summed E-state index contributed by atoms with van der Waals surface area (Å²) in [5.74, 6) is -1.17. The van der Waals surface area contributed by atoms with E-state index >= 15 is 0 Å². The van der Waals surface area contributed by atoms with E-state index in [1.54, 1.807) is 31.2 Å². The van der Waals surface area contributed by atoms with Gasteiger partial charge in [0.15, 0.2) is 18.2 Å². The van der Waals surface area contributed by atoms with Gasteiger partial charge in [-0.05, 0) is 36.8 Å². The monoisotopic (exact) mass is 308 g/mol. The molecule has 1 amide bonds. The number of benzene rings is 2. The number of halogens is 2. The highest BCUT2D eigenvalue weighted by atomic mass is 35.5. The van der Waals surface area contributed by atoms with Crippen molar-refractivity contribution in [2.45, 2.75) is 6.92 Å². The molecule has 2 aromatic carbocycles. The van der Waals surface area contributed by atoms with Crippen LogP contribution in [-0.2, 0) is 4.79 Å². The minimum absolute atomic E-state index is 0.0559. The third kappa shape index (κ3) is 3.64. The number of carbonyl (C=O) groups is 1. The van der Waals surface area contributed by atoms with Crippen molar-refractivity contribution >= 4 is 28.9 Å². The molecular weight excluding hydrogens is 295 g/mol. The van der Waals surface area contributed by atoms with Crippen LogP contribution in [0.1, 0.15) is 5.56 Å². The first-order chi connectivity index (χ1) is 9.99. The smallest absolute Gasteiger partial charge is 0.262 e. The molecule has 21 heavy (non-hydrogen) atoms. The number of hydrogen-bond acceptors (Lipinski definition) is 3. The highest BCUT2D eigenvalue weighted by Crippen LogP contribution is 2.24. The minimum Gasteiger partial charge on any atom is -0.481 e. The number of anilines is 2. The van der Waals surface area contributed by atoms with Gasteiger partial charge in [-0.1, -0.05) is 23.7 Å². The number of carbonyl (C=O) groups excluding carboxylic acids is 1. The summed E-state index contributed by atoms with van der Waals surface area (Å²) in [7, 11) is 0. The van der Waals surface area contributed by atoms with Gasteiger partial charge in [-0.25, -0.2) is 4.39 Å². The molecule has 0 bridgehead atoms. The first-order valence-corrected chi connectivity index (χ1v) is 6.58. The maximum Gasteiger partial charge on any atom is 0.262 e. The van der Waals surface area contributed by atoms with Gasteiger partial charge in [0.05, 0.1) is 5.02 Å². The van der Waals surface area contributed by atoms with E-state index in [-0.39, 0.29) is 17.4 Å². The molecule has 0 saturated heterocycles. The summed E-state index contributed by atoms with van der Waals surface area (Å²) < 4.78 is 18.7. The van der Waals surface area contributed by atoms with Crippen molar-refractivity contribution < 1.29 is 13.9 Å². The first kappa shape index (κ1) is 15.1. The average molecular weight is 309 g/mol. The molecule has 0 radical (unpaired) electrons. The summed E-state index contributed by atoms with van der Waals surface area (Å²) in [5.41, 5.74) is 7.69. The number of amides is 1. The van der Waals surface area contributed by atoms with Gasteiger partial charge < -0.3 is 15.8 Å². The maximum absolute atomic E-state index is 13.6. The number of ether oxygens (including phenoxy) is 1. The van der Waals surface area contributed by atoms with Crippen LogP contribution in [0.5, 0.6) is 5.75 Å². The Morgan fingerprint density at radius 3 is 2.81 bits per heavy atom. The standard InChI is InChI=1S/C15H14ClFN2O2/c1-9-11(18)5-3-6-12(9)19-14(20)8-21-13-7-2-4-10(16)15(13)17/h2-7H,8,18H2,1H3,(H,19,20). The molecule has 0 aliphatic heterocycles. The molecule has 0 saturated carbocycles. The van der Waals surface area contributed by atoms with Gasteiger partial charge in [0.1, 0.15) is 0 Å². The van der Waals surface area contributed by atoms with Gasteiger partial charge >= 0.3 is 0 Å². The second-order valence-electron chi connectivity index (χ2n) is 4.41. The average Bonchev–Trinajstić information content (AvgIpc) is 2.45. The topological polar surface area (TPSA) is 64.3 Å². The van der Waals surface area contributed by atoms with Gasteiger partial charge in [-0.15, -0.1) is 0 Å². The van der Waals surface area contributed by atoms with Crippen molar-refractivity contribution in [3.8, 4) is 5.75 Å². The Morgan fingerprint density at radius 2 is 2.05 bits per heavy atom. The van der Waals surface area contributed by atoms with Crippen LogP contribution in [-0.4, -0.2) is 12.5 Å². The van der Waals surface area contributed by atoms with Gasteiger partial charge in [-0.3, -0.25) is 4.79 Å². The lowest BCUT2D eigenvalue weighted by molar-refractivity contribution is -0.118. The van der Waals surface area contributed by atoms with Crippen LogP contribution in [0.2, 0.25) is 5.02 Å². The fraction of sp³-hybridized carbons (Fsp3) is 0.133. The molecule has 0 spiro atoms. The highest BCUT2D eigenvalue weighted by molar-refractivity contribution is 6.30. The van der Waals surface area contributed by atoms with E-state index in [2.05, 4.69) is 5.32 Å².